The smallest absolute Gasteiger partial charge is 0.289 e. The van der Waals surface area contributed by atoms with Crippen molar-refractivity contribution >= 4 is 34.5 Å². The molecule has 11 nitrogen and oxygen atoms in total. The van der Waals surface area contributed by atoms with Crippen LogP contribution >= 0.6 is 0 Å². The van der Waals surface area contributed by atoms with Crippen LogP contribution in [0.1, 0.15) is 54.4 Å². The van der Waals surface area contributed by atoms with Crippen LogP contribution in [0.2, 0.25) is 0 Å². The summed E-state index contributed by atoms with van der Waals surface area (Å²) < 4.78 is 5.31. The van der Waals surface area contributed by atoms with Gasteiger partial charge in [0.1, 0.15) is 0 Å². The maximum atomic E-state index is 14.7. The van der Waals surface area contributed by atoms with Crippen molar-refractivity contribution in [1.82, 2.24) is 29.9 Å². The van der Waals surface area contributed by atoms with Gasteiger partial charge in [0.25, 0.3) is 5.91 Å². The van der Waals surface area contributed by atoms with E-state index in [1.54, 1.807) is 17.0 Å². The van der Waals surface area contributed by atoms with Crippen LogP contribution in [0.3, 0.4) is 0 Å². The summed E-state index contributed by atoms with van der Waals surface area (Å²) in [5.74, 6) is -1.25. The molecule has 3 aliphatic heterocycles. The number of piperidine rings is 1. The summed E-state index contributed by atoms with van der Waals surface area (Å²) in [5.41, 5.74) is 2.27. The monoisotopic (exact) mass is 616 g/mol. The van der Waals surface area contributed by atoms with E-state index in [-0.39, 0.29) is 35.8 Å². The lowest BCUT2D eigenvalue weighted by atomic mass is 9.65. The lowest BCUT2D eigenvalue weighted by molar-refractivity contribution is -0.167. The third-order valence-electron chi connectivity index (χ3n) is 10.0. The number of rotatable bonds is 9. The van der Waals surface area contributed by atoms with Crippen molar-refractivity contribution in [2.75, 3.05) is 59.9 Å². The van der Waals surface area contributed by atoms with E-state index in [1.807, 2.05) is 42.1 Å². The predicted octanol–water partition coefficient (Wildman–Crippen LogP) is 2.83. The highest BCUT2D eigenvalue weighted by molar-refractivity contribution is 5.94. The number of amides is 4. The fourth-order valence-corrected chi connectivity index (χ4v) is 7.77. The number of hydrogen-bond acceptors (Lipinski definition) is 6. The number of carbonyl (C=O) groups is 4. The highest BCUT2D eigenvalue weighted by Crippen LogP contribution is 2.52. The van der Waals surface area contributed by atoms with Gasteiger partial charge < -0.3 is 34.3 Å². The van der Waals surface area contributed by atoms with Crippen LogP contribution in [-0.2, 0) is 26.3 Å². The molecule has 0 saturated carbocycles. The molecule has 240 valence electrons. The van der Waals surface area contributed by atoms with Crippen LogP contribution in [0.25, 0.3) is 10.9 Å². The molecule has 2 aromatic heterocycles. The Balaban J connectivity index is 1.28. The third-order valence-corrected chi connectivity index (χ3v) is 10.0. The molecule has 45 heavy (non-hydrogen) atoms. The summed E-state index contributed by atoms with van der Waals surface area (Å²) in [6.45, 7) is 5.54. The van der Waals surface area contributed by atoms with Crippen LogP contribution in [0.15, 0.2) is 47.1 Å². The van der Waals surface area contributed by atoms with Gasteiger partial charge in [0.2, 0.25) is 17.7 Å². The lowest BCUT2D eigenvalue weighted by Gasteiger charge is -2.56. The predicted molar refractivity (Wildman–Crippen MR) is 169 cm³/mol. The Bertz CT molecular complexity index is 1560. The first-order valence-electron chi connectivity index (χ1n) is 16.2. The van der Waals surface area contributed by atoms with Gasteiger partial charge >= 0.3 is 0 Å². The largest absolute Gasteiger partial charge is 0.459 e. The van der Waals surface area contributed by atoms with Gasteiger partial charge in [-0.15, -0.1) is 0 Å². The Morgan fingerprint density at radius 2 is 1.80 bits per heavy atom. The summed E-state index contributed by atoms with van der Waals surface area (Å²) >= 11 is 0. The summed E-state index contributed by atoms with van der Waals surface area (Å²) in [6, 6.07) is 11.5. The zero-order chi connectivity index (χ0) is 31.7. The number of piperazine rings is 1. The van der Waals surface area contributed by atoms with Gasteiger partial charge in [0.05, 0.1) is 17.7 Å². The summed E-state index contributed by atoms with van der Waals surface area (Å²) in [6.07, 6.45) is 3.91. The van der Waals surface area contributed by atoms with E-state index in [0.29, 0.717) is 58.5 Å². The first kappa shape index (κ1) is 30.9. The minimum absolute atomic E-state index is 0.0256. The van der Waals surface area contributed by atoms with E-state index in [0.717, 1.165) is 29.6 Å². The van der Waals surface area contributed by atoms with Crippen LogP contribution < -0.4 is 5.32 Å². The van der Waals surface area contributed by atoms with Crippen molar-refractivity contribution in [3.8, 4) is 0 Å². The molecule has 1 aromatic carbocycles. The van der Waals surface area contributed by atoms with Crippen LogP contribution in [-0.4, -0.2) is 108 Å². The SMILES string of the molecule is CC[C@]12c3[nH]c4ccccc4c3CCN1C(=O)C(CC(=O)NCCCN(C)C)C[C@@H]2C(=O)N1CCN(C(=O)c2ccco2)CC1. The Morgan fingerprint density at radius 3 is 2.51 bits per heavy atom. The van der Waals surface area contributed by atoms with Crippen molar-refractivity contribution in [3.05, 3.63) is 59.7 Å². The minimum Gasteiger partial charge on any atom is -0.459 e. The van der Waals surface area contributed by atoms with Crippen LogP contribution in [0.5, 0.6) is 0 Å². The number of hydrogen-bond donors (Lipinski definition) is 2. The Hall–Kier alpha value is -4.12. The van der Waals surface area contributed by atoms with Gasteiger partial charge in [0.15, 0.2) is 5.76 Å². The van der Waals surface area contributed by atoms with E-state index in [4.69, 9.17) is 4.42 Å². The maximum Gasteiger partial charge on any atom is 0.289 e. The molecular formula is C34H44N6O5. The minimum atomic E-state index is -0.847. The Labute approximate surface area is 263 Å². The molecule has 4 amide bonds. The molecule has 0 spiro atoms. The highest BCUT2D eigenvalue weighted by Gasteiger charge is 2.59. The number of nitrogens with zero attached hydrogens (tertiary/aromatic N) is 4. The molecule has 2 saturated heterocycles. The molecule has 0 aliphatic carbocycles. The summed E-state index contributed by atoms with van der Waals surface area (Å²) in [5, 5.41) is 4.11. The number of aromatic nitrogens is 1. The van der Waals surface area contributed by atoms with Gasteiger partial charge in [-0.05, 0) is 70.1 Å². The van der Waals surface area contributed by atoms with Crippen molar-refractivity contribution < 1.29 is 23.6 Å². The molecule has 1 unspecified atom stereocenters. The number of benzene rings is 1. The van der Waals surface area contributed by atoms with E-state index in [9.17, 15) is 19.2 Å². The summed E-state index contributed by atoms with van der Waals surface area (Å²) in [7, 11) is 3.99. The molecule has 2 fully saturated rings. The summed E-state index contributed by atoms with van der Waals surface area (Å²) in [4.78, 5) is 66.0. The van der Waals surface area contributed by atoms with Gasteiger partial charge in [-0.1, -0.05) is 25.1 Å². The molecular weight excluding hydrogens is 572 g/mol. The van der Waals surface area contributed by atoms with Gasteiger partial charge in [0, 0.05) is 68.2 Å². The normalized spacial score (nSPS) is 23.3. The second-order valence-electron chi connectivity index (χ2n) is 12.8. The zero-order valence-corrected chi connectivity index (χ0v) is 26.5. The molecule has 5 heterocycles. The van der Waals surface area contributed by atoms with Crippen molar-refractivity contribution in [2.24, 2.45) is 11.8 Å². The number of nitrogens with one attached hydrogen (secondary N) is 2. The van der Waals surface area contributed by atoms with Crippen molar-refractivity contribution in [2.45, 2.75) is 44.6 Å². The lowest BCUT2D eigenvalue weighted by Crippen LogP contribution is -2.66. The topological polar surface area (TPSA) is 122 Å². The van der Waals surface area contributed by atoms with E-state index in [2.05, 4.69) is 28.2 Å². The zero-order valence-electron chi connectivity index (χ0n) is 26.5. The standard InChI is InChI=1S/C34H44N6O5/c1-4-34-26(32(43)38-16-18-39(19-17-38)33(44)28-11-7-20-45-28)21-23(22-29(41)35-13-8-14-37(2)3)31(42)40(34)15-12-25-24-9-5-6-10-27(24)36-30(25)34/h5-7,9-11,20,23,26,36H,4,8,12-19,21-22H2,1-3H3,(H,35,41)/t23?,26-,34+/m1/s1. The number of fused-ring (bicyclic) bond motifs is 5. The number of aromatic amines is 1. The van der Waals surface area contributed by atoms with Crippen LogP contribution in [0.4, 0.5) is 0 Å². The molecule has 11 heteroatoms. The second-order valence-corrected chi connectivity index (χ2v) is 12.8. The van der Waals surface area contributed by atoms with Gasteiger partial charge in [-0.3, -0.25) is 19.2 Å². The molecule has 3 atom stereocenters. The average molecular weight is 617 g/mol. The third kappa shape index (κ3) is 5.62. The fourth-order valence-electron chi connectivity index (χ4n) is 7.77. The average Bonchev–Trinajstić information content (AvgIpc) is 3.72. The first-order valence-corrected chi connectivity index (χ1v) is 16.2. The first-order chi connectivity index (χ1) is 21.7. The molecule has 0 bridgehead atoms. The van der Waals surface area contributed by atoms with E-state index in [1.165, 1.54) is 11.8 Å². The molecule has 3 aliphatic rings. The number of para-hydroxylation sites is 1. The highest BCUT2D eigenvalue weighted by atomic mass is 16.3. The number of carbonyl (C=O) groups excluding carboxylic acids is 4. The quantitative estimate of drug-likeness (QED) is 0.357. The van der Waals surface area contributed by atoms with Gasteiger partial charge in [-0.2, -0.15) is 0 Å². The van der Waals surface area contributed by atoms with Crippen molar-refractivity contribution in [3.63, 3.8) is 0 Å². The maximum absolute atomic E-state index is 14.7. The van der Waals surface area contributed by atoms with Crippen molar-refractivity contribution in [1.29, 1.82) is 0 Å². The van der Waals surface area contributed by atoms with Gasteiger partial charge in [-0.25, -0.2) is 0 Å². The van der Waals surface area contributed by atoms with Crippen LogP contribution in [0, 0.1) is 11.8 Å². The van der Waals surface area contributed by atoms with E-state index >= 15 is 0 Å². The molecule has 0 radical (unpaired) electrons. The molecule has 3 aromatic rings. The second kappa shape index (κ2) is 12.7. The Kier molecular flexibility index (Phi) is 8.72. The fraction of sp³-hybridized carbons (Fsp3) is 0.529. The number of H-pyrrole nitrogens is 1. The van der Waals surface area contributed by atoms with E-state index < -0.39 is 17.4 Å². The number of furan rings is 1. The molecule has 2 N–H and O–H groups in total. The molecule has 6 rings (SSSR count). The Morgan fingerprint density at radius 1 is 1.04 bits per heavy atom.